The second-order valence-corrected chi connectivity index (χ2v) is 20.5. The minimum atomic E-state index is -0.343. The molecule has 2 amide bonds. The maximum absolute atomic E-state index is 12.9. The van der Waals surface area contributed by atoms with Gasteiger partial charge in [0.05, 0.1) is 29.7 Å². The molecular weight excluding hydrogens is 1010 g/mol. The number of unbranched alkanes of at least 4 members (excludes halogenated alkanes) is 24. The van der Waals surface area contributed by atoms with E-state index in [1.807, 2.05) is 0 Å². The van der Waals surface area contributed by atoms with Gasteiger partial charge in [0, 0.05) is 28.9 Å². The number of carbonyl (C=O) groups is 2. The van der Waals surface area contributed by atoms with Gasteiger partial charge < -0.3 is 52.1 Å². The number of para-hydroxylation sites is 1. The van der Waals surface area contributed by atoms with Crippen molar-refractivity contribution >= 4 is 56.8 Å². The van der Waals surface area contributed by atoms with Gasteiger partial charge >= 0.3 is 0 Å². The van der Waals surface area contributed by atoms with Crippen molar-refractivity contribution in [1.82, 2.24) is 0 Å². The van der Waals surface area contributed by atoms with Crippen LogP contribution in [-0.2, 0) is 0 Å². The van der Waals surface area contributed by atoms with Crippen LogP contribution in [-0.4, -0.2) is 36.7 Å². The molecule has 0 radical (unpaired) electrons. The zero-order chi connectivity index (χ0) is 57.2. The number of nitrogens with two attached hydrogens (primary N) is 4. The lowest BCUT2D eigenvalue weighted by Crippen LogP contribution is -2.18. The van der Waals surface area contributed by atoms with E-state index in [9.17, 15) is 19.2 Å². The molecule has 432 valence electrons. The number of ether oxygens (including phenoxy) is 2. The van der Waals surface area contributed by atoms with Crippen molar-refractivity contribution in [2.45, 2.75) is 181 Å². The van der Waals surface area contributed by atoms with E-state index >= 15 is 0 Å². The van der Waals surface area contributed by atoms with E-state index in [0.717, 1.165) is 24.3 Å². The molecule has 0 fully saturated rings. The van der Waals surface area contributed by atoms with E-state index in [-0.39, 0.29) is 51.4 Å². The molecule has 6 rings (SSSR count). The number of nitrogens with one attached hydrogen (secondary N) is 2. The molecule has 0 unspecified atom stereocenters. The fourth-order valence-corrected chi connectivity index (χ4v) is 9.31. The lowest BCUT2D eigenvalue weighted by molar-refractivity contribution is 0.101. The topological polar surface area (TPSA) is 266 Å². The summed E-state index contributed by atoms with van der Waals surface area (Å²) < 4.78 is 23.0. The Morgan fingerprint density at radius 1 is 0.463 bits per heavy atom. The molecule has 0 bridgehead atoms. The Bertz CT molecular complexity index is 2950. The minimum absolute atomic E-state index is 0.0340. The smallest absolute Gasteiger partial charge is 0.255 e. The lowest BCUT2D eigenvalue weighted by atomic mass is 10.0. The summed E-state index contributed by atoms with van der Waals surface area (Å²) in [7, 11) is 0. The summed E-state index contributed by atoms with van der Waals surface area (Å²) in [6.07, 6.45) is 34.3. The maximum Gasteiger partial charge on any atom is 0.255 e. The molecule has 16 heteroatoms. The van der Waals surface area contributed by atoms with Crippen LogP contribution in [0, 0.1) is 0 Å². The lowest BCUT2D eigenvalue weighted by Gasteiger charge is -2.10. The molecule has 0 aliphatic rings. The van der Waals surface area contributed by atoms with Gasteiger partial charge in [-0.1, -0.05) is 174 Å². The number of amidine groups is 2. The first-order valence-corrected chi connectivity index (χ1v) is 29.4. The van der Waals surface area contributed by atoms with Gasteiger partial charge in [-0.15, -0.1) is 0 Å². The van der Waals surface area contributed by atoms with Gasteiger partial charge in [0.15, 0.2) is 39.6 Å². The molecule has 0 saturated carbocycles. The summed E-state index contributed by atoms with van der Waals surface area (Å²) >= 11 is 0. The fraction of sp³-hybridized carbons (Fsp3) is 0.469. The zero-order valence-electron chi connectivity index (χ0n) is 47.5. The molecule has 0 saturated heterocycles. The predicted molar refractivity (Wildman–Crippen MR) is 326 cm³/mol. The van der Waals surface area contributed by atoms with E-state index in [1.165, 1.54) is 166 Å². The molecule has 4 aromatic carbocycles. The Hall–Kier alpha value is -7.62. The fourth-order valence-electron chi connectivity index (χ4n) is 9.31. The van der Waals surface area contributed by atoms with Crippen LogP contribution in [0.3, 0.4) is 0 Å². The third kappa shape index (κ3) is 22.3. The number of amides is 2. The third-order valence-corrected chi connectivity index (χ3v) is 14.0. The van der Waals surface area contributed by atoms with Crippen LogP contribution >= 0.6 is 0 Å². The molecule has 80 heavy (non-hydrogen) atoms. The van der Waals surface area contributed by atoms with Crippen molar-refractivity contribution < 1.29 is 27.9 Å². The number of anilines is 2. The van der Waals surface area contributed by atoms with Gasteiger partial charge in [-0.25, -0.2) is 0 Å². The van der Waals surface area contributed by atoms with Gasteiger partial charge in [0.1, 0.15) is 17.1 Å². The summed E-state index contributed by atoms with van der Waals surface area (Å²) in [6.45, 7) is 5.86. The molecule has 6 aromatic rings. The van der Waals surface area contributed by atoms with Gasteiger partial charge in [0.25, 0.3) is 11.8 Å². The number of carbonyl (C=O) groups excluding carboxylic acids is 2. The highest BCUT2D eigenvalue weighted by atomic mass is 16.5. The number of hydrogen-bond donors (Lipinski definition) is 6. The Morgan fingerprint density at radius 2 is 0.863 bits per heavy atom. The average Bonchev–Trinajstić information content (AvgIpc) is 3.49. The van der Waals surface area contributed by atoms with Crippen LogP contribution in [0.5, 0.6) is 11.5 Å². The van der Waals surface area contributed by atoms with Crippen molar-refractivity contribution in [2.24, 2.45) is 33.4 Å². The first-order chi connectivity index (χ1) is 39.0. The highest BCUT2D eigenvalue weighted by Crippen LogP contribution is 2.25. The second-order valence-electron chi connectivity index (χ2n) is 20.5. The Morgan fingerprint density at radius 3 is 1.30 bits per heavy atom. The average molecular weight is 1100 g/mol. The van der Waals surface area contributed by atoms with E-state index in [4.69, 9.17) is 41.5 Å². The number of benzene rings is 4. The highest BCUT2D eigenvalue weighted by molar-refractivity contribution is 6.08. The van der Waals surface area contributed by atoms with E-state index in [2.05, 4.69) is 34.7 Å². The normalized spacial score (nSPS) is 11.6. The maximum atomic E-state index is 12.9. The standard InChI is InChI=1S/2C32H44N4O4/c1-2-3-4-5-6-7-8-9-10-11-12-13-14-21-39-26-18-15-24(16-19-26)32(38)35-25-17-20-29-27(22-25)28(37)23-30(40-29)31(33)36-34;1-2-3-4-5-6-7-8-9-10-11-12-13-14-22-39-25-20-18-24(19-21-25)32(38)35-27-17-15-16-26-28(37)23-29(31(33)36-34)40-30(26)27/h15-20,22-23H,2-14,21,34H2,1H3,(H2,33,36)(H,35,38);15-21,23H,2-14,22,34H2,1H3,(H2,33,36)(H,35,38). The van der Waals surface area contributed by atoms with Crippen LogP contribution in [0.25, 0.3) is 21.9 Å². The summed E-state index contributed by atoms with van der Waals surface area (Å²) in [5, 5.41) is 13.0. The molecular formula is C64H88N8O8. The Balaban J connectivity index is 0.000000294. The van der Waals surface area contributed by atoms with Crippen LogP contribution in [0.4, 0.5) is 11.4 Å². The summed E-state index contributed by atoms with van der Waals surface area (Å²) in [5.74, 6) is 11.2. The largest absolute Gasteiger partial charge is 0.494 e. The van der Waals surface area contributed by atoms with Gasteiger partial charge in [-0.3, -0.25) is 19.2 Å². The number of hydrazone groups is 2. The third-order valence-electron chi connectivity index (χ3n) is 14.0. The van der Waals surface area contributed by atoms with Gasteiger partial charge in [-0.2, -0.15) is 10.2 Å². The summed E-state index contributed by atoms with van der Waals surface area (Å²) in [5.41, 5.74) is 13.0. The van der Waals surface area contributed by atoms with Crippen LogP contribution in [0.2, 0.25) is 0 Å². The second kappa shape index (κ2) is 36.5. The van der Waals surface area contributed by atoms with Gasteiger partial charge in [0.2, 0.25) is 0 Å². The molecule has 10 N–H and O–H groups in total. The minimum Gasteiger partial charge on any atom is -0.494 e. The van der Waals surface area contributed by atoms with E-state index < -0.39 is 0 Å². The molecule has 0 spiro atoms. The molecule has 0 aliphatic carbocycles. The van der Waals surface area contributed by atoms with Crippen molar-refractivity contribution in [3.8, 4) is 11.5 Å². The Labute approximate surface area is 472 Å². The molecule has 2 aromatic heterocycles. The van der Waals surface area contributed by atoms with Crippen molar-refractivity contribution in [3.63, 3.8) is 0 Å². The molecule has 0 aliphatic heterocycles. The highest BCUT2D eigenvalue weighted by Gasteiger charge is 2.16. The van der Waals surface area contributed by atoms with Crippen molar-refractivity contribution in [1.29, 1.82) is 0 Å². The number of fused-ring (bicyclic) bond motifs is 2. The summed E-state index contributed by atoms with van der Waals surface area (Å²) in [6, 6.07) is 26.2. The number of nitrogens with zero attached hydrogens (tertiary/aromatic N) is 2. The number of rotatable bonds is 36. The van der Waals surface area contributed by atoms with Crippen LogP contribution in [0.15, 0.2) is 126 Å². The van der Waals surface area contributed by atoms with Gasteiger partial charge in [-0.05, 0) is 91.7 Å². The van der Waals surface area contributed by atoms with Crippen molar-refractivity contribution in [2.75, 3.05) is 23.8 Å². The zero-order valence-corrected chi connectivity index (χ0v) is 47.5. The van der Waals surface area contributed by atoms with Crippen LogP contribution < -0.4 is 54.1 Å². The van der Waals surface area contributed by atoms with E-state index in [1.54, 1.807) is 84.9 Å². The predicted octanol–water partition coefficient (Wildman–Crippen LogP) is 14.2. The monoisotopic (exact) mass is 1100 g/mol. The van der Waals surface area contributed by atoms with Crippen molar-refractivity contribution in [3.05, 3.63) is 140 Å². The van der Waals surface area contributed by atoms with Crippen LogP contribution in [0.1, 0.15) is 213 Å². The molecule has 16 nitrogen and oxygen atoms in total. The number of hydrogen-bond acceptors (Lipinski definition) is 12. The first-order valence-electron chi connectivity index (χ1n) is 29.4. The SMILES string of the molecule is CCCCCCCCCCCCCCCOc1ccc(C(=O)Nc2ccc3oc(C(N)=NN)cc(=O)c3c2)cc1.CCCCCCCCCCCCCCCOc1ccc(C(=O)Nc2cccc3c(=O)cc(C(N)=NN)oc23)cc1. The van der Waals surface area contributed by atoms with E-state index in [0.29, 0.717) is 52.1 Å². The quantitative estimate of drug-likeness (QED) is 0.00705. The Kier molecular flexibility index (Phi) is 28.9. The molecule has 2 heterocycles. The summed E-state index contributed by atoms with van der Waals surface area (Å²) in [4.78, 5) is 50.6. The molecule has 0 atom stereocenters. The first kappa shape index (κ1) is 63.2.